The molecule has 1 aliphatic heterocycles. The van der Waals surface area contributed by atoms with Gasteiger partial charge in [-0.15, -0.1) is 0 Å². The van der Waals surface area contributed by atoms with E-state index in [0.717, 1.165) is 4.90 Å². The normalized spacial score (nSPS) is 18.8. The number of hydrogen-bond acceptors (Lipinski definition) is 5. The highest BCUT2D eigenvalue weighted by molar-refractivity contribution is 6.32. The number of nitrogens with one attached hydrogen (secondary N) is 3. The maximum absolute atomic E-state index is 12.8. The topological polar surface area (TPSA) is 117 Å². The molecule has 10 heteroatoms. The molecule has 6 amide bonds. The Bertz CT molecular complexity index is 772. The Balaban J connectivity index is 1.93. The van der Waals surface area contributed by atoms with Crippen molar-refractivity contribution in [3.05, 3.63) is 34.9 Å². The molecule has 1 heterocycles. The van der Waals surface area contributed by atoms with Crippen LogP contribution in [-0.4, -0.2) is 55.1 Å². The molecule has 1 atom stereocenters. The molecule has 1 fully saturated rings. The predicted octanol–water partition coefficient (Wildman–Crippen LogP) is 1.36. The number of ether oxygens (including phenoxy) is 1. The van der Waals surface area contributed by atoms with Crippen molar-refractivity contribution in [2.45, 2.75) is 25.8 Å². The van der Waals surface area contributed by atoms with Gasteiger partial charge in [0.2, 0.25) is 5.91 Å². The lowest BCUT2D eigenvalue weighted by atomic mass is 9.92. The maximum Gasteiger partial charge on any atom is 0.325 e. The summed E-state index contributed by atoms with van der Waals surface area (Å²) in [5.74, 6) is -1.41. The van der Waals surface area contributed by atoms with Gasteiger partial charge in [0.05, 0.1) is 0 Å². The van der Waals surface area contributed by atoms with Crippen LogP contribution in [0.3, 0.4) is 0 Å². The summed E-state index contributed by atoms with van der Waals surface area (Å²) < 4.78 is 5.14. The third-order valence-electron chi connectivity index (χ3n) is 4.20. The molecule has 0 spiro atoms. The summed E-state index contributed by atoms with van der Waals surface area (Å²) in [6.45, 7) is 4.20. The molecule has 3 N–H and O–H groups in total. The summed E-state index contributed by atoms with van der Waals surface area (Å²) in [7, 11) is 0. The summed E-state index contributed by atoms with van der Waals surface area (Å²) in [5, 5.41) is 7.46. The molecule has 0 bridgehead atoms. The van der Waals surface area contributed by atoms with E-state index in [2.05, 4.69) is 16.0 Å². The number of amides is 6. The molecule has 0 aliphatic carbocycles. The lowest BCUT2D eigenvalue weighted by molar-refractivity contribution is -0.134. The molecular weight excluding hydrogens is 388 g/mol. The standard InChI is InChI=1S/C18H23ClN4O5/c1-3-28-10-6-9-20-16(26)21-14(24)11-23-15(25)18(2,22-17(23)27)12-7-4-5-8-13(12)19/h4-5,7-8H,3,6,9-11H2,1-2H3,(H,22,27)(H2,20,21,24,26)/t18-/m0/s1. The Hall–Kier alpha value is -2.65. The summed E-state index contributed by atoms with van der Waals surface area (Å²) in [5.41, 5.74) is -0.970. The van der Waals surface area contributed by atoms with Crippen LogP contribution in [0.1, 0.15) is 25.8 Å². The zero-order chi connectivity index (χ0) is 20.7. The number of carbonyl (C=O) groups is 4. The number of benzene rings is 1. The smallest absolute Gasteiger partial charge is 0.325 e. The maximum atomic E-state index is 12.8. The Labute approximate surface area is 167 Å². The fourth-order valence-electron chi connectivity index (χ4n) is 2.76. The number of rotatable bonds is 8. The molecule has 0 unspecified atom stereocenters. The summed E-state index contributed by atoms with van der Waals surface area (Å²) in [4.78, 5) is 49.5. The SMILES string of the molecule is CCOCCCNC(=O)NC(=O)CN1C(=O)N[C@@](C)(c2ccccc2Cl)C1=O. The van der Waals surface area contributed by atoms with Crippen molar-refractivity contribution in [1.29, 1.82) is 0 Å². The number of urea groups is 2. The van der Waals surface area contributed by atoms with Gasteiger partial charge in [-0.3, -0.25) is 19.8 Å². The molecule has 0 saturated carbocycles. The Morgan fingerprint density at radius 3 is 2.68 bits per heavy atom. The fourth-order valence-corrected chi connectivity index (χ4v) is 3.09. The van der Waals surface area contributed by atoms with Gasteiger partial charge >= 0.3 is 12.1 Å². The van der Waals surface area contributed by atoms with Crippen molar-refractivity contribution in [3.8, 4) is 0 Å². The van der Waals surface area contributed by atoms with E-state index in [1.165, 1.54) is 6.92 Å². The minimum absolute atomic E-state index is 0.316. The Morgan fingerprint density at radius 1 is 1.29 bits per heavy atom. The highest BCUT2D eigenvalue weighted by atomic mass is 35.5. The van der Waals surface area contributed by atoms with E-state index in [1.807, 2.05) is 6.92 Å². The summed E-state index contributed by atoms with van der Waals surface area (Å²) in [6.07, 6.45) is 0.596. The van der Waals surface area contributed by atoms with Gasteiger partial charge in [0.15, 0.2) is 0 Å². The molecular formula is C18H23ClN4O5. The second-order valence-corrected chi connectivity index (χ2v) is 6.69. The number of carbonyl (C=O) groups excluding carboxylic acids is 4. The monoisotopic (exact) mass is 410 g/mol. The largest absolute Gasteiger partial charge is 0.382 e. The number of halogens is 1. The van der Waals surface area contributed by atoms with Gasteiger partial charge < -0.3 is 15.4 Å². The van der Waals surface area contributed by atoms with Crippen molar-refractivity contribution >= 4 is 35.5 Å². The molecule has 0 aromatic heterocycles. The number of nitrogens with zero attached hydrogens (tertiary/aromatic N) is 1. The summed E-state index contributed by atoms with van der Waals surface area (Å²) in [6, 6.07) is 5.18. The lowest BCUT2D eigenvalue weighted by Crippen LogP contribution is -2.47. The van der Waals surface area contributed by atoms with Gasteiger partial charge in [-0.05, 0) is 26.3 Å². The average Bonchev–Trinajstić information content (AvgIpc) is 2.85. The third-order valence-corrected chi connectivity index (χ3v) is 4.53. The van der Waals surface area contributed by atoms with Crippen molar-refractivity contribution in [2.75, 3.05) is 26.3 Å². The number of hydrogen-bond donors (Lipinski definition) is 3. The summed E-state index contributed by atoms with van der Waals surface area (Å²) >= 11 is 6.15. The first-order valence-electron chi connectivity index (χ1n) is 8.84. The molecule has 2 rings (SSSR count). The van der Waals surface area contributed by atoms with Crippen molar-refractivity contribution < 1.29 is 23.9 Å². The van der Waals surface area contributed by atoms with Crippen LogP contribution in [0, 0.1) is 0 Å². The van der Waals surface area contributed by atoms with E-state index in [9.17, 15) is 19.2 Å². The third kappa shape index (κ3) is 4.99. The van der Waals surface area contributed by atoms with Crippen LogP contribution >= 0.6 is 11.6 Å². The van der Waals surface area contributed by atoms with E-state index in [4.69, 9.17) is 16.3 Å². The first-order valence-corrected chi connectivity index (χ1v) is 9.22. The second-order valence-electron chi connectivity index (χ2n) is 6.28. The van der Waals surface area contributed by atoms with E-state index in [-0.39, 0.29) is 0 Å². The van der Waals surface area contributed by atoms with E-state index in [0.29, 0.717) is 36.8 Å². The van der Waals surface area contributed by atoms with Crippen molar-refractivity contribution in [2.24, 2.45) is 0 Å². The van der Waals surface area contributed by atoms with Crippen LogP contribution in [0.4, 0.5) is 9.59 Å². The predicted molar refractivity (Wildman–Crippen MR) is 102 cm³/mol. The Morgan fingerprint density at radius 2 is 2.00 bits per heavy atom. The first kappa shape index (κ1) is 21.6. The van der Waals surface area contributed by atoms with Crippen LogP contribution in [0.2, 0.25) is 5.02 Å². The van der Waals surface area contributed by atoms with Crippen LogP contribution in [0.15, 0.2) is 24.3 Å². The van der Waals surface area contributed by atoms with Crippen molar-refractivity contribution in [1.82, 2.24) is 20.9 Å². The average molecular weight is 411 g/mol. The van der Waals surface area contributed by atoms with Gasteiger partial charge in [-0.1, -0.05) is 29.8 Å². The van der Waals surface area contributed by atoms with Gasteiger partial charge in [0, 0.05) is 30.3 Å². The van der Waals surface area contributed by atoms with E-state index < -0.39 is 36.0 Å². The highest BCUT2D eigenvalue weighted by Crippen LogP contribution is 2.33. The molecule has 1 saturated heterocycles. The minimum Gasteiger partial charge on any atom is -0.382 e. The molecule has 1 aromatic carbocycles. The zero-order valence-electron chi connectivity index (χ0n) is 15.7. The minimum atomic E-state index is -1.39. The zero-order valence-corrected chi connectivity index (χ0v) is 16.5. The molecule has 152 valence electrons. The molecule has 0 radical (unpaired) electrons. The van der Waals surface area contributed by atoms with E-state index in [1.54, 1.807) is 24.3 Å². The van der Waals surface area contributed by atoms with Crippen molar-refractivity contribution in [3.63, 3.8) is 0 Å². The van der Waals surface area contributed by atoms with E-state index >= 15 is 0 Å². The fraction of sp³-hybridized carbons (Fsp3) is 0.444. The molecule has 28 heavy (non-hydrogen) atoms. The molecule has 1 aliphatic rings. The Kier molecular flexibility index (Phi) is 7.36. The lowest BCUT2D eigenvalue weighted by Gasteiger charge is -2.23. The van der Waals surface area contributed by atoms with Gasteiger partial charge in [0.1, 0.15) is 12.1 Å². The van der Waals surface area contributed by atoms with Crippen LogP contribution < -0.4 is 16.0 Å². The van der Waals surface area contributed by atoms with Gasteiger partial charge in [-0.2, -0.15) is 0 Å². The van der Waals surface area contributed by atoms with Gasteiger partial charge in [-0.25, -0.2) is 9.59 Å². The number of imide groups is 2. The first-order chi connectivity index (χ1) is 13.3. The quantitative estimate of drug-likeness (QED) is 0.442. The highest BCUT2D eigenvalue weighted by Gasteiger charge is 2.50. The molecule has 9 nitrogen and oxygen atoms in total. The van der Waals surface area contributed by atoms with Crippen LogP contribution in [0.5, 0.6) is 0 Å². The second kappa shape index (κ2) is 9.52. The van der Waals surface area contributed by atoms with Gasteiger partial charge in [0.25, 0.3) is 5.91 Å². The van der Waals surface area contributed by atoms with Crippen LogP contribution in [0.25, 0.3) is 0 Å². The molecule has 1 aromatic rings. The van der Waals surface area contributed by atoms with Crippen LogP contribution in [-0.2, 0) is 19.9 Å².